The molecule has 0 aromatic heterocycles. The molecule has 0 radical (unpaired) electrons. The van der Waals surface area contributed by atoms with E-state index in [1.54, 1.807) is 0 Å². The zero-order valence-corrected chi connectivity index (χ0v) is 9.90. The van der Waals surface area contributed by atoms with E-state index in [2.05, 4.69) is 0 Å². The first kappa shape index (κ1) is 13.0. The van der Waals surface area contributed by atoms with Gasteiger partial charge in [0.2, 0.25) is 0 Å². The monoisotopic (exact) mass is 255 g/mol. The Morgan fingerprint density at radius 3 is 2.61 bits per heavy atom. The molecular weight excluding hydrogens is 240 g/mol. The second-order valence-electron chi connectivity index (χ2n) is 4.43. The van der Waals surface area contributed by atoms with Crippen LogP contribution in [0, 0.1) is 11.6 Å². The molecule has 0 heterocycles. The molecule has 0 atom stereocenters. The summed E-state index contributed by atoms with van der Waals surface area (Å²) in [4.78, 5) is 13.6. The predicted octanol–water partition coefficient (Wildman–Crippen LogP) is 1.95. The molecule has 2 rings (SSSR count). The maximum atomic E-state index is 13.5. The third kappa shape index (κ3) is 2.51. The lowest BCUT2D eigenvalue weighted by Gasteiger charge is -2.37. The van der Waals surface area contributed by atoms with Crippen LogP contribution in [-0.2, 0) is 0 Å². The van der Waals surface area contributed by atoms with E-state index in [4.69, 9.17) is 5.11 Å². The third-order valence-electron chi connectivity index (χ3n) is 3.28. The van der Waals surface area contributed by atoms with Crippen LogP contribution < -0.4 is 0 Å². The minimum absolute atomic E-state index is 0.0640. The molecule has 0 bridgehead atoms. The predicted molar refractivity (Wildman–Crippen MR) is 62.1 cm³/mol. The molecule has 1 saturated carbocycles. The number of rotatable bonds is 4. The summed E-state index contributed by atoms with van der Waals surface area (Å²) in [6, 6.07) is 2.98. The number of hydrogen-bond acceptors (Lipinski definition) is 2. The van der Waals surface area contributed by atoms with Crippen molar-refractivity contribution in [1.29, 1.82) is 0 Å². The smallest absolute Gasteiger partial charge is 0.257 e. The van der Waals surface area contributed by atoms with Crippen LogP contribution in [0.2, 0.25) is 0 Å². The highest BCUT2D eigenvalue weighted by Gasteiger charge is 2.30. The Bertz CT molecular complexity index is 447. The van der Waals surface area contributed by atoms with Gasteiger partial charge in [0.05, 0.1) is 12.2 Å². The Kier molecular flexibility index (Phi) is 3.91. The van der Waals surface area contributed by atoms with Crippen molar-refractivity contribution in [2.24, 2.45) is 0 Å². The molecule has 0 unspecified atom stereocenters. The average molecular weight is 255 g/mol. The van der Waals surface area contributed by atoms with Crippen LogP contribution in [0.5, 0.6) is 0 Å². The second-order valence-corrected chi connectivity index (χ2v) is 4.43. The SMILES string of the molecule is O=C(c1ccc(F)cc1F)N(CCO)C1CCC1. The zero-order valence-electron chi connectivity index (χ0n) is 9.90. The van der Waals surface area contributed by atoms with E-state index in [0.717, 1.165) is 31.4 Å². The summed E-state index contributed by atoms with van der Waals surface area (Å²) >= 11 is 0. The minimum Gasteiger partial charge on any atom is -0.395 e. The topological polar surface area (TPSA) is 40.5 Å². The molecule has 0 spiro atoms. The molecule has 1 aliphatic carbocycles. The highest BCUT2D eigenvalue weighted by Crippen LogP contribution is 2.26. The number of nitrogens with zero attached hydrogens (tertiary/aromatic N) is 1. The quantitative estimate of drug-likeness (QED) is 0.893. The molecule has 1 amide bonds. The molecule has 18 heavy (non-hydrogen) atoms. The van der Waals surface area contributed by atoms with Crippen LogP contribution in [0.1, 0.15) is 29.6 Å². The van der Waals surface area contributed by atoms with Crippen LogP contribution >= 0.6 is 0 Å². The number of hydrogen-bond donors (Lipinski definition) is 1. The number of carbonyl (C=O) groups excluding carboxylic acids is 1. The van der Waals surface area contributed by atoms with E-state index in [9.17, 15) is 13.6 Å². The van der Waals surface area contributed by atoms with Gasteiger partial charge >= 0.3 is 0 Å². The largest absolute Gasteiger partial charge is 0.395 e. The Labute approximate surface area is 104 Å². The first-order valence-electron chi connectivity index (χ1n) is 6.00. The molecule has 0 aliphatic heterocycles. The fourth-order valence-corrected chi connectivity index (χ4v) is 2.07. The summed E-state index contributed by atoms with van der Waals surface area (Å²) < 4.78 is 26.3. The van der Waals surface area contributed by atoms with Crippen LogP contribution in [0.4, 0.5) is 8.78 Å². The van der Waals surface area contributed by atoms with Gasteiger partial charge in [0, 0.05) is 18.7 Å². The van der Waals surface area contributed by atoms with Crippen molar-refractivity contribution >= 4 is 5.91 Å². The van der Waals surface area contributed by atoms with Crippen molar-refractivity contribution in [2.45, 2.75) is 25.3 Å². The van der Waals surface area contributed by atoms with Crippen LogP contribution in [-0.4, -0.2) is 35.1 Å². The van der Waals surface area contributed by atoms with Gasteiger partial charge in [0.25, 0.3) is 5.91 Å². The summed E-state index contributed by atoms with van der Waals surface area (Å²) in [5.41, 5.74) is -0.142. The number of amides is 1. The molecule has 1 N–H and O–H groups in total. The van der Waals surface area contributed by atoms with Crippen LogP contribution in [0.3, 0.4) is 0 Å². The molecule has 1 fully saturated rings. The van der Waals surface area contributed by atoms with Gasteiger partial charge in [-0.25, -0.2) is 8.78 Å². The van der Waals surface area contributed by atoms with E-state index < -0.39 is 17.5 Å². The summed E-state index contributed by atoms with van der Waals surface area (Å²) in [7, 11) is 0. The molecule has 98 valence electrons. The van der Waals surface area contributed by atoms with Crippen molar-refractivity contribution in [3.05, 3.63) is 35.4 Å². The summed E-state index contributed by atoms with van der Waals surface area (Å²) in [5.74, 6) is -2.05. The molecule has 5 heteroatoms. The Hall–Kier alpha value is -1.49. The fourth-order valence-electron chi connectivity index (χ4n) is 2.07. The molecule has 1 aliphatic rings. The number of halogens is 2. The fraction of sp³-hybridized carbons (Fsp3) is 0.462. The maximum absolute atomic E-state index is 13.5. The lowest BCUT2D eigenvalue weighted by Crippen LogP contribution is -2.45. The van der Waals surface area contributed by atoms with Crippen molar-refractivity contribution in [3.8, 4) is 0 Å². The lowest BCUT2D eigenvalue weighted by molar-refractivity contribution is 0.0521. The Balaban J connectivity index is 2.21. The van der Waals surface area contributed by atoms with Crippen LogP contribution in [0.25, 0.3) is 0 Å². The van der Waals surface area contributed by atoms with Gasteiger partial charge in [-0.1, -0.05) is 0 Å². The van der Waals surface area contributed by atoms with E-state index in [1.807, 2.05) is 0 Å². The number of aliphatic hydroxyl groups is 1. The van der Waals surface area contributed by atoms with Gasteiger partial charge in [-0.3, -0.25) is 4.79 Å². The number of carbonyl (C=O) groups is 1. The van der Waals surface area contributed by atoms with Gasteiger partial charge in [0.15, 0.2) is 0 Å². The molecule has 1 aromatic carbocycles. The number of aliphatic hydroxyl groups excluding tert-OH is 1. The first-order chi connectivity index (χ1) is 8.63. The molecule has 1 aromatic rings. The average Bonchev–Trinajstić information content (AvgIpc) is 2.25. The Morgan fingerprint density at radius 1 is 1.39 bits per heavy atom. The summed E-state index contributed by atoms with van der Waals surface area (Å²) in [6.45, 7) is 0.0192. The summed E-state index contributed by atoms with van der Waals surface area (Å²) in [5, 5.41) is 8.97. The van der Waals surface area contributed by atoms with E-state index in [1.165, 1.54) is 4.90 Å². The highest BCUT2D eigenvalue weighted by atomic mass is 19.1. The maximum Gasteiger partial charge on any atom is 0.257 e. The van der Waals surface area contributed by atoms with E-state index >= 15 is 0 Å². The van der Waals surface area contributed by atoms with Gasteiger partial charge in [0.1, 0.15) is 11.6 Å². The third-order valence-corrected chi connectivity index (χ3v) is 3.28. The summed E-state index contributed by atoms with van der Waals surface area (Å²) in [6.07, 6.45) is 2.77. The Morgan fingerprint density at radius 2 is 2.11 bits per heavy atom. The van der Waals surface area contributed by atoms with Crippen molar-refractivity contribution in [3.63, 3.8) is 0 Å². The van der Waals surface area contributed by atoms with E-state index in [0.29, 0.717) is 6.07 Å². The second kappa shape index (κ2) is 5.44. The standard InChI is InChI=1S/C13H15F2NO2/c14-9-4-5-11(12(15)8-9)13(18)16(6-7-17)10-2-1-3-10/h4-5,8,10,17H,1-3,6-7H2. The van der Waals surface area contributed by atoms with Crippen LogP contribution in [0.15, 0.2) is 18.2 Å². The normalized spacial score (nSPS) is 15.3. The van der Waals surface area contributed by atoms with Gasteiger partial charge in [-0.2, -0.15) is 0 Å². The lowest BCUT2D eigenvalue weighted by atomic mass is 9.91. The minimum atomic E-state index is -0.859. The number of benzene rings is 1. The first-order valence-corrected chi connectivity index (χ1v) is 6.00. The highest BCUT2D eigenvalue weighted by molar-refractivity contribution is 5.94. The van der Waals surface area contributed by atoms with Crippen molar-refractivity contribution in [2.75, 3.05) is 13.2 Å². The molecule has 0 saturated heterocycles. The van der Waals surface area contributed by atoms with E-state index in [-0.39, 0.29) is 24.8 Å². The van der Waals surface area contributed by atoms with Gasteiger partial charge < -0.3 is 10.0 Å². The van der Waals surface area contributed by atoms with Crippen molar-refractivity contribution < 1.29 is 18.7 Å². The van der Waals surface area contributed by atoms with Gasteiger partial charge in [-0.15, -0.1) is 0 Å². The zero-order chi connectivity index (χ0) is 13.1. The van der Waals surface area contributed by atoms with Gasteiger partial charge in [-0.05, 0) is 31.4 Å². The molecular formula is C13H15F2NO2. The molecule has 3 nitrogen and oxygen atoms in total. The van der Waals surface area contributed by atoms with Crippen molar-refractivity contribution in [1.82, 2.24) is 4.90 Å².